The molecule has 0 radical (unpaired) electrons. The average Bonchev–Trinajstić information content (AvgIpc) is 2.83. The number of hydrogen-bond acceptors (Lipinski definition) is 6. The fourth-order valence-corrected chi connectivity index (χ4v) is 3.87. The van der Waals surface area contributed by atoms with Crippen molar-refractivity contribution in [1.29, 1.82) is 0 Å². The van der Waals surface area contributed by atoms with E-state index in [0.29, 0.717) is 0 Å². The predicted octanol–water partition coefficient (Wildman–Crippen LogP) is 3.15. The molecule has 206 valence electrons. The molecular formula is C28H38N4O6. The molecule has 0 fully saturated rings. The average molecular weight is 527 g/mol. The summed E-state index contributed by atoms with van der Waals surface area (Å²) in [6.45, 7) is 8.67. The van der Waals surface area contributed by atoms with Crippen molar-refractivity contribution < 1.29 is 29.0 Å². The third-order valence-electron chi connectivity index (χ3n) is 5.55. The fourth-order valence-electron chi connectivity index (χ4n) is 3.87. The van der Waals surface area contributed by atoms with Crippen LogP contribution in [0.25, 0.3) is 0 Å². The third kappa shape index (κ3) is 9.10. The van der Waals surface area contributed by atoms with Crippen molar-refractivity contribution >= 4 is 23.8 Å². The summed E-state index contributed by atoms with van der Waals surface area (Å²) in [5.41, 5.74) is 5.56. The maximum atomic E-state index is 13.9. The molecular weight excluding hydrogens is 488 g/mol. The smallest absolute Gasteiger partial charge is 0.408 e. The third-order valence-corrected chi connectivity index (χ3v) is 5.55. The van der Waals surface area contributed by atoms with Gasteiger partial charge in [0, 0.05) is 24.6 Å². The highest BCUT2D eigenvalue weighted by atomic mass is 16.6. The largest absolute Gasteiger partial charge is 0.508 e. The van der Waals surface area contributed by atoms with Crippen LogP contribution in [-0.4, -0.2) is 51.5 Å². The topological polar surface area (TPSA) is 151 Å². The van der Waals surface area contributed by atoms with E-state index >= 15 is 0 Å². The van der Waals surface area contributed by atoms with Crippen molar-refractivity contribution in [3.8, 4) is 5.75 Å². The van der Waals surface area contributed by atoms with Crippen molar-refractivity contribution in [2.75, 3.05) is 0 Å². The maximum Gasteiger partial charge on any atom is 0.408 e. The Hall–Kier alpha value is -4.08. The molecule has 10 nitrogen and oxygen atoms in total. The lowest BCUT2D eigenvalue weighted by atomic mass is 9.99. The van der Waals surface area contributed by atoms with Crippen LogP contribution in [0.4, 0.5) is 4.79 Å². The van der Waals surface area contributed by atoms with Crippen LogP contribution in [0.1, 0.15) is 64.6 Å². The van der Waals surface area contributed by atoms with Gasteiger partial charge in [-0.25, -0.2) is 4.79 Å². The zero-order valence-corrected chi connectivity index (χ0v) is 22.6. The normalized spacial score (nSPS) is 12.8. The molecule has 4 amide bonds. The number of para-hydroxylation sites is 1. The van der Waals surface area contributed by atoms with Crippen LogP contribution >= 0.6 is 0 Å². The number of amides is 4. The minimum Gasteiger partial charge on any atom is -0.508 e. The molecule has 2 atom stereocenters. The van der Waals surface area contributed by atoms with Crippen LogP contribution in [0.3, 0.4) is 0 Å². The first-order valence-corrected chi connectivity index (χ1v) is 12.5. The van der Waals surface area contributed by atoms with E-state index in [1.165, 1.54) is 11.0 Å². The lowest BCUT2D eigenvalue weighted by Gasteiger charge is -2.37. The number of primary amides is 1. The van der Waals surface area contributed by atoms with E-state index in [9.17, 15) is 24.3 Å². The number of hydrogen-bond donors (Lipinski definition) is 4. The van der Waals surface area contributed by atoms with Gasteiger partial charge >= 0.3 is 6.09 Å². The maximum absolute atomic E-state index is 13.9. The summed E-state index contributed by atoms with van der Waals surface area (Å²) in [4.78, 5) is 52.9. The van der Waals surface area contributed by atoms with Crippen molar-refractivity contribution in [1.82, 2.24) is 15.5 Å². The number of phenols is 1. The van der Waals surface area contributed by atoms with E-state index in [2.05, 4.69) is 10.6 Å². The highest BCUT2D eigenvalue weighted by Gasteiger charge is 2.38. The highest BCUT2D eigenvalue weighted by Crippen LogP contribution is 2.31. The number of phenolic OH excluding ortho intramolecular Hbond substituents is 1. The number of carbonyl (C=O) groups excluding carboxylic acids is 4. The van der Waals surface area contributed by atoms with E-state index < -0.39 is 47.5 Å². The number of nitrogens with one attached hydrogen (secondary N) is 2. The van der Waals surface area contributed by atoms with Gasteiger partial charge < -0.3 is 31.1 Å². The second-order valence-electron chi connectivity index (χ2n) is 10.2. The van der Waals surface area contributed by atoms with Gasteiger partial charge in [-0.1, -0.05) is 48.5 Å². The molecule has 0 spiro atoms. The number of nitrogens with two attached hydrogens (primary N) is 1. The molecule has 0 bridgehead atoms. The standard InChI is InChI=1S/C28H38N4O6/c1-18(2)32(26(36)21(15-16-23(29)34)31-27(37)38-28(3,4)5)24(20-13-9-10-14-22(20)33)25(35)30-17-19-11-7-6-8-12-19/h6-14,18,21,24,33H,15-17H2,1-5H3,(H2,29,34)(H,30,35)(H,31,37). The van der Waals surface area contributed by atoms with Crippen LogP contribution in [0.15, 0.2) is 54.6 Å². The number of aromatic hydroxyl groups is 1. The summed E-state index contributed by atoms with van der Waals surface area (Å²) >= 11 is 0. The SMILES string of the molecule is CC(C)N(C(=O)C(CCC(N)=O)NC(=O)OC(C)(C)C)C(C(=O)NCc1ccccc1)c1ccccc1O. The Morgan fingerprint density at radius 2 is 1.61 bits per heavy atom. The Bertz CT molecular complexity index is 1110. The molecule has 0 heterocycles. The van der Waals surface area contributed by atoms with Crippen molar-refractivity contribution in [3.63, 3.8) is 0 Å². The Kier molecular flexibility index (Phi) is 10.7. The Balaban J connectivity index is 2.46. The molecule has 2 rings (SSSR count). The van der Waals surface area contributed by atoms with Crippen molar-refractivity contribution in [2.24, 2.45) is 5.73 Å². The fraction of sp³-hybridized carbons (Fsp3) is 0.429. The first kappa shape index (κ1) is 30.1. The second-order valence-corrected chi connectivity index (χ2v) is 10.2. The van der Waals surface area contributed by atoms with E-state index in [4.69, 9.17) is 10.5 Å². The number of rotatable bonds is 11. The quantitative estimate of drug-likeness (QED) is 0.353. The summed E-state index contributed by atoms with van der Waals surface area (Å²) in [5.74, 6) is -1.97. The molecule has 10 heteroatoms. The monoisotopic (exact) mass is 526 g/mol. The number of carbonyl (C=O) groups is 4. The van der Waals surface area contributed by atoms with Gasteiger partial charge in [0.25, 0.3) is 0 Å². The predicted molar refractivity (Wildman–Crippen MR) is 143 cm³/mol. The van der Waals surface area contributed by atoms with Gasteiger partial charge in [0.1, 0.15) is 23.4 Å². The van der Waals surface area contributed by atoms with Gasteiger partial charge in [0.05, 0.1) is 0 Å². The zero-order chi connectivity index (χ0) is 28.5. The van der Waals surface area contributed by atoms with Gasteiger partial charge in [0.15, 0.2) is 0 Å². The highest BCUT2D eigenvalue weighted by molar-refractivity contribution is 5.93. The molecule has 2 unspecified atom stereocenters. The Morgan fingerprint density at radius 3 is 2.16 bits per heavy atom. The van der Waals surface area contributed by atoms with Gasteiger partial charge in [-0.3, -0.25) is 14.4 Å². The molecule has 5 N–H and O–H groups in total. The first-order valence-electron chi connectivity index (χ1n) is 12.5. The van der Waals surface area contributed by atoms with Crippen LogP contribution in [0.5, 0.6) is 5.75 Å². The number of nitrogens with zero attached hydrogens (tertiary/aromatic N) is 1. The molecule has 2 aromatic rings. The number of benzene rings is 2. The molecule has 0 saturated carbocycles. The van der Waals surface area contributed by atoms with E-state index in [1.54, 1.807) is 52.8 Å². The van der Waals surface area contributed by atoms with Crippen LogP contribution in [0, 0.1) is 0 Å². The zero-order valence-electron chi connectivity index (χ0n) is 22.6. The number of ether oxygens (including phenoxy) is 1. The summed E-state index contributed by atoms with van der Waals surface area (Å²) in [6.07, 6.45) is -1.13. The summed E-state index contributed by atoms with van der Waals surface area (Å²) in [6, 6.07) is 12.5. The summed E-state index contributed by atoms with van der Waals surface area (Å²) < 4.78 is 5.31. The molecule has 0 aliphatic carbocycles. The molecule has 0 saturated heterocycles. The lowest BCUT2D eigenvalue weighted by Crippen LogP contribution is -2.55. The Labute approximate surface area is 223 Å². The van der Waals surface area contributed by atoms with Gasteiger partial charge in [-0.15, -0.1) is 0 Å². The van der Waals surface area contributed by atoms with Crippen LogP contribution in [-0.2, 0) is 25.7 Å². The molecule has 38 heavy (non-hydrogen) atoms. The van der Waals surface area contributed by atoms with E-state index in [1.807, 2.05) is 30.3 Å². The van der Waals surface area contributed by atoms with Gasteiger partial charge in [-0.2, -0.15) is 0 Å². The summed E-state index contributed by atoms with van der Waals surface area (Å²) in [7, 11) is 0. The minimum absolute atomic E-state index is 0.101. The molecule has 0 aliphatic rings. The van der Waals surface area contributed by atoms with Gasteiger partial charge in [0.2, 0.25) is 17.7 Å². The second kappa shape index (κ2) is 13.5. The molecule has 2 aromatic carbocycles. The molecule has 0 aliphatic heterocycles. The van der Waals surface area contributed by atoms with Crippen LogP contribution < -0.4 is 16.4 Å². The van der Waals surface area contributed by atoms with E-state index in [0.717, 1.165) is 5.56 Å². The summed E-state index contributed by atoms with van der Waals surface area (Å²) in [5, 5.41) is 16.0. The first-order chi connectivity index (χ1) is 17.8. The lowest BCUT2D eigenvalue weighted by molar-refractivity contribution is -0.145. The van der Waals surface area contributed by atoms with Crippen molar-refractivity contribution in [2.45, 2.75) is 77.7 Å². The van der Waals surface area contributed by atoms with Crippen LogP contribution in [0.2, 0.25) is 0 Å². The van der Waals surface area contributed by atoms with E-state index in [-0.39, 0.29) is 30.7 Å². The number of alkyl carbamates (subject to hydrolysis) is 1. The van der Waals surface area contributed by atoms with Gasteiger partial charge in [-0.05, 0) is 52.7 Å². The van der Waals surface area contributed by atoms with Crippen molar-refractivity contribution in [3.05, 3.63) is 65.7 Å². The Morgan fingerprint density at radius 1 is 1.00 bits per heavy atom. The molecule has 0 aromatic heterocycles. The minimum atomic E-state index is -1.23.